The first kappa shape index (κ1) is 8.24. The summed E-state index contributed by atoms with van der Waals surface area (Å²) >= 11 is 0. The summed E-state index contributed by atoms with van der Waals surface area (Å²) in [6, 6.07) is 0. The van der Waals surface area contributed by atoms with Gasteiger partial charge in [0.15, 0.2) is 9.76 Å². The van der Waals surface area contributed by atoms with Crippen molar-refractivity contribution in [3.05, 3.63) is 0 Å². The van der Waals surface area contributed by atoms with Crippen LogP contribution in [0.15, 0.2) is 0 Å². The topological polar surface area (TPSA) is 29.5 Å². The maximum atomic E-state index is 9.16. The molecular weight excluding hydrogens is 144 g/mol. The van der Waals surface area contributed by atoms with E-state index >= 15 is 0 Å². The third kappa shape index (κ3) is 1.59. The highest BCUT2D eigenvalue weighted by Gasteiger charge is 2.30. The molecule has 60 valence electrons. The van der Waals surface area contributed by atoms with Gasteiger partial charge in [-0.25, -0.2) is 0 Å². The van der Waals surface area contributed by atoms with E-state index in [1.54, 1.807) is 0 Å². The van der Waals surface area contributed by atoms with Gasteiger partial charge in [0.1, 0.15) is 0 Å². The molecule has 0 aromatic carbocycles. The van der Waals surface area contributed by atoms with Gasteiger partial charge < -0.3 is 9.53 Å². The highest BCUT2D eigenvalue weighted by molar-refractivity contribution is 6.30. The van der Waals surface area contributed by atoms with Crippen molar-refractivity contribution in [2.75, 3.05) is 6.61 Å². The van der Waals surface area contributed by atoms with E-state index in [4.69, 9.17) is 9.53 Å². The lowest BCUT2D eigenvalue weighted by atomic mass is 10.1. The molecule has 1 heterocycles. The Morgan fingerprint density at radius 3 is 2.70 bits per heavy atom. The lowest BCUT2D eigenvalue weighted by Crippen LogP contribution is -2.41. The molecule has 0 aliphatic carbocycles. The molecule has 0 aromatic heterocycles. The fourth-order valence-electron chi connectivity index (χ4n) is 1.43. The highest BCUT2D eigenvalue weighted by Crippen LogP contribution is 2.25. The molecule has 1 aliphatic rings. The van der Waals surface area contributed by atoms with Crippen molar-refractivity contribution in [3.63, 3.8) is 0 Å². The zero-order chi connectivity index (χ0) is 7.45. The van der Waals surface area contributed by atoms with Gasteiger partial charge in [-0.05, 0) is 25.7 Å². The van der Waals surface area contributed by atoms with Gasteiger partial charge in [0.05, 0.1) is 5.22 Å². The number of rotatable bonds is 2. The van der Waals surface area contributed by atoms with Crippen LogP contribution >= 0.6 is 0 Å². The second-order valence-electron chi connectivity index (χ2n) is 3.00. The third-order valence-electron chi connectivity index (χ3n) is 2.37. The lowest BCUT2D eigenvalue weighted by Gasteiger charge is -2.34. The van der Waals surface area contributed by atoms with E-state index in [1.165, 1.54) is 12.8 Å². The molecule has 0 amide bonds. The molecule has 0 saturated carbocycles. The minimum absolute atomic E-state index is 0.0434. The normalized spacial score (nSPS) is 35.4. The van der Waals surface area contributed by atoms with Crippen molar-refractivity contribution in [1.29, 1.82) is 0 Å². The van der Waals surface area contributed by atoms with Gasteiger partial charge in [-0.3, -0.25) is 0 Å². The Morgan fingerprint density at radius 1 is 1.60 bits per heavy atom. The molecule has 1 atom stereocenters. The molecule has 10 heavy (non-hydrogen) atoms. The van der Waals surface area contributed by atoms with Crippen molar-refractivity contribution in [3.8, 4) is 0 Å². The van der Waals surface area contributed by atoms with E-state index in [0.29, 0.717) is 0 Å². The second-order valence-corrected chi connectivity index (χ2v) is 4.61. The maximum Gasteiger partial charge on any atom is 0.189 e. The smallest absolute Gasteiger partial charge is 0.189 e. The molecule has 0 radical (unpaired) electrons. The van der Waals surface area contributed by atoms with Crippen LogP contribution in [0.3, 0.4) is 0 Å². The first-order chi connectivity index (χ1) is 4.83. The van der Waals surface area contributed by atoms with Crippen LogP contribution in [0.1, 0.15) is 32.6 Å². The van der Waals surface area contributed by atoms with Crippen LogP contribution in [-0.4, -0.2) is 26.4 Å². The zero-order valence-corrected chi connectivity index (χ0v) is 8.01. The molecular formula is C7H16O2Si. The summed E-state index contributed by atoms with van der Waals surface area (Å²) in [6.07, 6.45) is 4.50. The van der Waals surface area contributed by atoms with Gasteiger partial charge >= 0.3 is 0 Å². The van der Waals surface area contributed by atoms with Crippen LogP contribution < -0.4 is 0 Å². The molecule has 0 spiro atoms. The summed E-state index contributed by atoms with van der Waals surface area (Å²) < 4.78 is 5.58. The Balaban J connectivity index is 2.44. The van der Waals surface area contributed by atoms with Gasteiger partial charge in [0.25, 0.3) is 0 Å². The van der Waals surface area contributed by atoms with Crippen LogP contribution in [0.25, 0.3) is 0 Å². The monoisotopic (exact) mass is 160 g/mol. The van der Waals surface area contributed by atoms with Gasteiger partial charge in [-0.2, -0.15) is 0 Å². The summed E-state index contributed by atoms with van der Waals surface area (Å²) in [4.78, 5) is 9.16. The van der Waals surface area contributed by atoms with Crippen molar-refractivity contribution in [1.82, 2.24) is 0 Å². The highest BCUT2D eigenvalue weighted by atomic mass is 28.2. The van der Waals surface area contributed by atoms with Crippen molar-refractivity contribution in [2.24, 2.45) is 0 Å². The second kappa shape index (κ2) is 3.51. The van der Waals surface area contributed by atoms with E-state index in [-0.39, 0.29) is 5.22 Å². The zero-order valence-electron chi connectivity index (χ0n) is 6.60. The lowest BCUT2D eigenvalue weighted by molar-refractivity contribution is -0.0286. The van der Waals surface area contributed by atoms with Crippen LogP contribution in [0.5, 0.6) is 0 Å². The Hall–Kier alpha value is 0.137. The van der Waals surface area contributed by atoms with E-state index in [0.717, 1.165) is 19.4 Å². The number of hydrogen-bond donors (Lipinski definition) is 1. The van der Waals surface area contributed by atoms with E-state index < -0.39 is 9.76 Å². The van der Waals surface area contributed by atoms with Crippen LogP contribution in [0.4, 0.5) is 0 Å². The van der Waals surface area contributed by atoms with E-state index in [9.17, 15) is 0 Å². The minimum Gasteiger partial charge on any atom is -0.435 e. The summed E-state index contributed by atoms with van der Waals surface area (Å²) in [6.45, 7) is 2.97. The van der Waals surface area contributed by atoms with Gasteiger partial charge in [0, 0.05) is 6.61 Å². The SMILES string of the molecule is CCC1([SiH2]O)CCCCO1. The minimum atomic E-state index is -0.961. The van der Waals surface area contributed by atoms with Crippen molar-refractivity contribution in [2.45, 2.75) is 37.8 Å². The van der Waals surface area contributed by atoms with E-state index in [1.807, 2.05) is 0 Å². The van der Waals surface area contributed by atoms with Crippen molar-refractivity contribution < 1.29 is 9.53 Å². The van der Waals surface area contributed by atoms with Crippen LogP contribution in [0, 0.1) is 0 Å². The van der Waals surface area contributed by atoms with Crippen LogP contribution in [-0.2, 0) is 4.74 Å². The van der Waals surface area contributed by atoms with Gasteiger partial charge in [-0.15, -0.1) is 0 Å². The molecule has 0 aromatic rings. The quantitative estimate of drug-likeness (QED) is 0.591. The summed E-state index contributed by atoms with van der Waals surface area (Å²) in [7, 11) is -0.961. The van der Waals surface area contributed by atoms with Crippen molar-refractivity contribution >= 4 is 9.76 Å². The van der Waals surface area contributed by atoms with Crippen LogP contribution in [0.2, 0.25) is 0 Å². The summed E-state index contributed by atoms with van der Waals surface area (Å²) in [5.74, 6) is 0. The third-order valence-corrected chi connectivity index (χ3v) is 4.00. The predicted molar refractivity (Wildman–Crippen MR) is 43.6 cm³/mol. The Morgan fingerprint density at radius 2 is 2.40 bits per heavy atom. The molecule has 2 nitrogen and oxygen atoms in total. The van der Waals surface area contributed by atoms with Gasteiger partial charge in [0.2, 0.25) is 0 Å². The Bertz CT molecular complexity index is 93.8. The average molecular weight is 160 g/mol. The van der Waals surface area contributed by atoms with Gasteiger partial charge in [-0.1, -0.05) is 6.92 Å². The fraction of sp³-hybridized carbons (Fsp3) is 1.00. The Kier molecular flexibility index (Phi) is 2.89. The first-order valence-electron chi connectivity index (χ1n) is 4.08. The fourth-order valence-corrected chi connectivity index (χ4v) is 2.29. The maximum absolute atomic E-state index is 9.16. The Labute approximate surface area is 64.5 Å². The van der Waals surface area contributed by atoms with E-state index in [2.05, 4.69) is 6.92 Å². The first-order valence-corrected chi connectivity index (χ1v) is 5.42. The molecule has 3 heteroatoms. The number of hydrogen-bond acceptors (Lipinski definition) is 2. The molecule has 1 N–H and O–H groups in total. The summed E-state index contributed by atoms with van der Waals surface area (Å²) in [5.41, 5.74) is 0. The molecule has 1 unspecified atom stereocenters. The molecule has 1 fully saturated rings. The average Bonchev–Trinajstić information content (AvgIpc) is 2.06. The number of ether oxygens (including phenoxy) is 1. The summed E-state index contributed by atoms with van der Waals surface area (Å²) in [5, 5.41) is -0.0434. The molecule has 0 bridgehead atoms. The molecule has 1 aliphatic heterocycles. The molecule has 1 rings (SSSR count). The standard InChI is InChI=1S/C7H16O2Si/c1-2-7(10-8)5-3-4-6-9-7/h8H,2-6,10H2,1H3. The largest absolute Gasteiger partial charge is 0.435 e. The molecule has 1 saturated heterocycles. The predicted octanol–water partition coefficient (Wildman–Crippen LogP) is 0.369.